The van der Waals surface area contributed by atoms with Gasteiger partial charge in [-0.2, -0.15) is 0 Å². The maximum atomic E-state index is 12.2. The molecule has 110 valence electrons. The van der Waals surface area contributed by atoms with Crippen molar-refractivity contribution >= 4 is 26.0 Å². The van der Waals surface area contributed by atoms with Crippen LogP contribution in [0.25, 0.3) is 0 Å². The van der Waals surface area contributed by atoms with Crippen LogP contribution in [0.3, 0.4) is 0 Å². The molecule has 0 N–H and O–H groups in total. The quantitative estimate of drug-likeness (QED) is 0.676. The Morgan fingerprint density at radius 1 is 1.30 bits per heavy atom. The van der Waals surface area contributed by atoms with Gasteiger partial charge >= 0.3 is 0 Å². The number of thiol groups is 1. The van der Waals surface area contributed by atoms with Gasteiger partial charge in [-0.1, -0.05) is 50.0 Å². The van der Waals surface area contributed by atoms with Crippen LogP contribution < -0.4 is 0 Å². The Morgan fingerprint density at radius 3 is 2.40 bits per heavy atom. The Labute approximate surface area is 129 Å². The zero-order valence-corrected chi connectivity index (χ0v) is 14.8. The van der Waals surface area contributed by atoms with E-state index in [4.69, 9.17) is 0 Å². The van der Waals surface area contributed by atoms with E-state index in [9.17, 15) is 4.79 Å². The van der Waals surface area contributed by atoms with E-state index in [1.165, 1.54) is 0 Å². The molecule has 1 aliphatic carbocycles. The van der Waals surface area contributed by atoms with Crippen molar-refractivity contribution in [1.29, 1.82) is 0 Å². The van der Waals surface area contributed by atoms with Crippen LogP contribution in [0.4, 0.5) is 0 Å². The Balaban J connectivity index is 2.29. The molecule has 2 rings (SSSR count). The predicted octanol–water partition coefficient (Wildman–Crippen LogP) is 3.70. The summed E-state index contributed by atoms with van der Waals surface area (Å²) in [7, 11) is 0.896. The third kappa shape index (κ3) is 2.87. The summed E-state index contributed by atoms with van der Waals surface area (Å²) >= 11 is 4.23. The Hall–Kier alpha value is -0.583. The van der Waals surface area contributed by atoms with Crippen LogP contribution in [0.1, 0.15) is 24.8 Å². The number of carbonyl (C=O) groups is 1. The molecule has 0 saturated heterocycles. The van der Waals surface area contributed by atoms with Crippen LogP contribution in [0, 0.1) is 0 Å². The SMILES string of the molecule is CN(C1CCC(C(=O)S)(c2ccccc2)C1)[Si](C)(C)C. The van der Waals surface area contributed by atoms with Crippen LogP contribution in [-0.4, -0.2) is 31.0 Å². The van der Waals surface area contributed by atoms with Gasteiger partial charge < -0.3 is 4.57 Å². The Kier molecular flexibility index (Phi) is 4.47. The van der Waals surface area contributed by atoms with E-state index in [0.717, 1.165) is 24.8 Å². The van der Waals surface area contributed by atoms with E-state index in [0.29, 0.717) is 6.04 Å². The van der Waals surface area contributed by atoms with E-state index in [-0.39, 0.29) is 10.5 Å². The normalized spacial score (nSPS) is 27.0. The molecular weight excluding hydrogens is 282 g/mol. The largest absolute Gasteiger partial charge is 0.324 e. The third-order valence-corrected chi connectivity index (χ3v) is 7.74. The van der Waals surface area contributed by atoms with Gasteiger partial charge in [-0.15, -0.1) is 12.6 Å². The molecular formula is C16H25NOSSi. The van der Waals surface area contributed by atoms with Crippen LogP contribution in [0.2, 0.25) is 19.6 Å². The Morgan fingerprint density at radius 2 is 1.90 bits per heavy atom. The van der Waals surface area contributed by atoms with Crippen LogP contribution >= 0.6 is 12.6 Å². The molecule has 1 saturated carbocycles. The van der Waals surface area contributed by atoms with Crippen LogP contribution in [0.15, 0.2) is 30.3 Å². The van der Waals surface area contributed by atoms with Crippen molar-refractivity contribution in [2.24, 2.45) is 0 Å². The van der Waals surface area contributed by atoms with E-state index in [1.54, 1.807) is 0 Å². The summed E-state index contributed by atoms with van der Waals surface area (Å²) < 4.78 is 2.54. The molecule has 1 fully saturated rings. The first kappa shape index (κ1) is 15.8. The van der Waals surface area contributed by atoms with Crippen molar-refractivity contribution in [3.63, 3.8) is 0 Å². The van der Waals surface area contributed by atoms with Crippen molar-refractivity contribution in [3.05, 3.63) is 35.9 Å². The van der Waals surface area contributed by atoms with Crippen LogP contribution in [0.5, 0.6) is 0 Å². The van der Waals surface area contributed by atoms with Crippen molar-refractivity contribution in [3.8, 4) is 0 Å². The maximum absolute atomic E-state index is 12.2. The van der Waals surface area contributed by atoms with Gasteiger partial charge in [0.15, 0.2) is 5.12 Å². The van der Waals surface area contributed by atoms with Gasteiger partial charge in [0.2, 0.25) is 0 Å². The summed E-state index contributed by atoms with van der Waals surface area (Å²) in [6, 6.07) is 10.7. The van der Waals surface area contributed by atoms with E-state index >= 15 is 0 Å². The molecule has 2 unspecified atom stereocenters. The van der Waals surface area contributed by atoms with E-state index < -0.39 is 8.24 Å². The van der Waals surface area contributed by atoms with Crippen molar-refractivity contribution in [1.82, 2.24) is 4.57 Å². The average molecular weight is 308 g/mol. The van der Waals surface area contributed by atoms with Gasteiger partial charge in [-0.25, -0.2) is 0 Å². The van der Waals surface area contributed by atoms with E-state index in [1.807, 2.05) is 18.2 Å². The minimum Gasteiger partial charge on any atom is -0.324 e. The molecule has 2 atom stereocenters. The van der Waals surface area contributed by atoms with Crippen molar-refractivity contribution in [2.45, 2.75) is 50.4 Å². The van der Waals surface area contributed by atoms with Gasteiger partial charge in [0.25, 0.3) is 0 Å². The average Bonchev–Trinajstić information content (AvgIpc) is 2.84. The van der Waals surface area contributed by atoms with Crippen molar-refractivity contribution in [2.75, 3.05) is 7.05 Å². The predicted molar refractivity (Wildman–Crippen MR) is 90.9 cm³/mol. The number of rotatable bonds is 4. The van der Waals surface area contributed by atoms with E-state index in [2.05, 4.69) is 56.0 Å². The third-order valence-electron chi connectivity index (χ3n) is 4.83. The summed E-state index contributed by atoms with van der Waals surface area (Å²) in [5, 5.41) is 0.0233. The molecule has 20 heavy (non-hydrogen) atoms. The molecule has 0 bridgehead atoms. The fourth-order valence-corrected chi connectivity index (χ4v) is 4.88. The Bertz CT molecular complexity index is 485. The summed E-state index contributed by atoms with van der Waals surface area (Å²) in [4.78, 5) is 12.2. The zero-order chi connectivity index (χ0) is 15.0. The molecule has 4 heteroatoms. The van der Waals surface area contributed by atoms with Gasteiger partial charge in [-0.05, 0) is 31.9 Å². The molecule has 2 nitrogen and oxygen atoms in total. The number of carbonyl (C=O) groups excluding carboxylic acids is 1. The zero-order valence-electron chi connectivity index (χ0n) is 12.9. The van der Waals surface area contributed by atoms with Gasteiger partial charge in [0.1, 0.15) is 8.24 Å². The number of nitrogens with zero attached hydrogens (tertiary/aromatic N) is 1. The second-order valence-electron chi connectivity index (χ2n) is 6.93. The minimum atomic E-state index is -1.33. The molecule has 0 heterocycles. The molecule has 1 aliphatic rings. The smallest absolute Gasteiger partial charge is 0.196 e. The summed E-state index contributed by atoms with van der Waals surface area (Å²) in [6.45, 7) is 7.08. The molecule has 0 amide bonds. The minimum absolute atomic E-state index is 0.0233. The number of hydrogen-bond acceptors (Lipinski definition) is 2. The topological polar surface area (TPSA) is 20.3 Å². The standard InChI is InChI=1S/C16H25NOSSi/c1-17(20(2,3)4)14-10-11-16(12-14,15(18)19)13-8-6-5-7-9-13/h5-9,14H,10-12H2,1-4H3,(H,18,19). The highest BCUT2D eigenvalue weighted by atomic mass is 32.1. The van der Waals surface area contributed by atoms with Crippen molar-refractivity contribution < 1.29 is 4.79 Å². The molecule has 0 aromatic heterocycles. The first-order chi connectivity index (χ1) is 9.27. The van der Waals surface area contributed by atoms with Crippen LogP contribution in [-0.2, 0) is 10.2 Å². The highest BCUT2D eigenvalue weighted by Gasteiger charge is 2.47. The first-order valence-electron chi connectivity index (χ1n) is 7.29. The lowest BCUT2D eigenvalue weighted by Gasteiger charge is -2.36. The monoisotopic (exact) mass is 307 g/mol. The molecule has 0 spiro atoms. The second-order valence-corrected chi connectivity index (χ2v) is 12.4. The summed E-state index contributed by atoms with van der Waals surface area (Å²) in [5.41, 5.74) is 0.745. The fraction of sp³-hybridized carbons (Fsp3) is 0.562. The number of benzene rings is 1. The molecule has 0 radical (unpaired) electrons. The first-order valence-corrected chi connectivity index (χ1v) is 11.2. The van der Waals surface area contributed by atoms with Gasteiger partial charge in [0.05, 0.1) is 5.41 Å². The highest BCUT2D eigenvalue weighted by molar-refractivity contribution is 7.96. The summed E-state index contributed by atoms with van der Waals surface area (Å²) in [6.07, 6.45) is 2.90. The lowest BCUT2D eigenvalue weighted by molar-refractivity contribution is -0.115. The lowest BCUT2D eigenvalue weighted by Crippen LogP contribution is -2.49. The second kappa shape index (κ2) is 5.66. The highest BCUT2D eigenvalue weighted by Crippen LogP contribution is 2.45. The molecule has 0 aliphatic heterocycles. The molecule has 1 aromatic carbocycles. The lowest BCUT2D eigenvalue weighted by atomic mass is 9.80. The number of hydrogen-bond donors (Lipinski definition) is 1. The van der Waals surface area contributed by atoms with Gasteiger partial charge in [-0.3, -0.25) is 4.79 Å². The summed E-state index contributed by atoms with van der Waals surface area (Å²) in [5.74, 6) is 0. The van der Waals surface area contributed by atoms with Gasteiger partial charge in [0, 0.05) is 6.04 Å². The fourth-order valence-electron chi connectivity index (χ4n) is 3.23. The molecule has 1 aromatic rings. The maximum Gasteiger partial charge on any atom is 0.196 e.